The highest BCUT2D eigenvalue weighted by Crippen LogP contribution is 2.30. The van der Waals surface area contributed by atoms with Crippen LogP contribution in [-0.4, -0.2) is 57.5 Å². The van der Waals surface area contributed by atoms with Crippen molar-refractivity contribution in [1.82, 2.24) is 19.4 Å². The first-order valence-electron chi connectivity index (χ1n) is 10.5. The Balaban J connectivity index is 1.11. The number of amides is 3. The molecule has 3 aromatic rings. The van der Waals surface area contributed by atoms with Crippen LogP contribution in [0.25, 0.3) is 0 Å². The van der Waals surface area contributed by atoms with Gasteiger partial charge in [-0.05, 0) is 41.5 Å². The maximum atomic E-state index is 12.5. The molecule has 0 atom stereocenters. The normalized spacial score (nSPS) is 16.5. The molecule has 1 N–H and O–H groups in total. The molecule has 2 fully saturated rings. The van der Waals surface area contributed by atoms with Gasteiger partial charge in [-0.1, -0.05) is 18.2 Å². The van der Waals surface area contributed by atoms with Crippen LogP contribution in [0.1, 0.15) is 33.5 Å². The average molecular weight is 415 g/mol. The number of likely N-dealkylation sites (tertiary alicyclic amines) is 2. The van der Waals surface area contributed by atoms with Crippen molar-refractivity contribution < 1.29 is 9.59 Å². The lowest BCUT2D eigenvalue weighted by Crippen LogP contribution is -2.50. The second-order valence-corrected chi connectivity index (χ2v) is 8.35. The van der Waals surface area contributed by atoms with Gasteiger partial charge in [0, 0.05) is 69.3 Å². The number of benzene rings is 1. The minimum absolute atomic E-state index is 0.0733. The van der Waals surface area contributed by atoms with E-state index in [0.717, 1.165) is 18.8 Å². The molecule has 0 saturated carbocycles. The van der Waals surface area contributed by atoms with E-state index in [4.69, 9.17) is 0 Å². The smallest absolute Gasteiger partial charge is 0.321 e. The molecule has 2 aliphatic heterocycles. The van der Waals surface area contributed by atoms with E-state index in [2.05, 4.69) is 16.4 Å². The van der Waals surface area contributed by atoms with Gasteiger partial charge in [0.1, 0.15) is 5.69 Å². The van der Waals surface area contributed by atoms with Crippen LogP contribution in [0.4, 0.5) is 10.5 Å². The Morgan fingerprint density at radius 2 is 1.61 bits per heavy atom. The lowest BCUT2D eigenvalue weighted by Gasteiger charge is -2.40. The van der Waals surface area contributed by atoms with Crippen molar-refractivity contribution in [3.63, 3.8) is 0 Å². The third-order valence-corrected chi connectivity index (χ3v) is 6.29. The van der Waals surface area contributed by atoms with Gasteiger partial charge in [-0.2, -0.15) is 0 Å². The molecule has 0 bridgehead atoms. The number of carbonyl (C=O) groups excluding carboxylic acids is 2. The summed E-state index contributed by atoms with van der Waals surface area (Å²) in [6, 6.07) is 15.6. The van der Waals surface area contributed by atoms with Crippen molar-refractivity contribution in [2.24, 2.45) is 7.05 Å². The number of rotatable bonds is 4. The van der Waals surface area contributed by atoms with Crippen LogP contribution in [0.5, 0.6) is 0 Å². The van der Waals surface area contributed by atoms with Crippen LogP contribution in [0.2, 0.25) is 0 Å². The molecule has 0 spiro atoms. The first-order chi connectivity index (χ1) is 15.1. The number of hydrogen-bond acceptors (Lipinski definition) is 3. The zero-order valence-corrected chi connectivity index (χ0v) is 17.4. The number of pyridine rings is 1. The zero-order valence-electron chi connectivity index (χ0n) is 17.4. The van der Waals surface area contributed by atoms with Gasteiger partial charge in [0.2, 0.25) is 0 Å². The highest BCUT2D eigenvalue weighted by atomic mass is 16.2. The predicted octanol–water partition coefficient (Wildman–Crippen LogP) is 3.29. The lowest BCUT2D eigenvalue weighted by molar-refractivity contribution is 0.0592. The summed E-state index contributed by atoms with van der Waals surface area (Å²) in [5.41, 5.74) is 3.87. The molecule has 0 radical (unpaired) electrons. The third-order valence-electron chi connectivity index (χ3n) is 6.29. The standard InChI is InChI=1S/C24H25N5O2/c1-27-11-3-5-22(27)23(30)28-13-19(14-28)17-6-8-21(9-7-17)26-24(31)29-15-20(16-29)18-4-2-10-25-12-18/h2-12,19-20H,13-16H2,1H3,(H,26,31). The summed E-state index contributed by atoms with van der Waals surface area (Å²) in [5.74, 6) is 0.776. The van der Waals surface area contributed by atoms with E-state index < -0.39 is 0 Å². The summed E-state index contributed by atoms with van der Waals surface area (Å²) in [4.78, 5) is 32.8. The van der Waals surface area contributed by atoms with Crippen molar-refractivity contribution in [1.29, 1.82) is 0 Å². The Labute approximate surface area is 181 Å². The van der Waals surface area contributed by atoms with E-state index in [0.29, 0.717) is 30.6 Å². The molecular weight excluding hydrogens is 390 g/mol. The molecule has 7 nitrogen and oxygen atoms in total. The summed E-state index contributed by atoms with van der Waals surface area (Å²) >= 11 is 0. The highest BCUT2D eigenvalue weighted by Gasteiger charge is 2.34. The fourth-order valence-electron chi connectivity index (χ4n) is 4.21. The summed E-state index contributed by atoms with van der Waals surface area (Å²) in [6.45, 7) is 2.86. The van der Waals surface area contributed by atoms with Crippen LogP contribution in [-0.2, 0) is 7.05 Å². The molecule has 158 valence electrons. The summed E-state index contributed by atoms with van der Waals surface area (Å²) in [7, 11) is 1.89. The Kier molecular flexibility index (Phi) is 4.94. The molecule has 7 heteroatoms. The fraction of sp³-hybridized carbons (Fsp3) is 0.292. The summed E-state index contributed by atoms with van der Waals surface area (Å²) in [6.07, 6.45) is 5.52. The number of aromatic nitrogens is 2. The third kappa shape index (κ3) is 3.79. The lowest BCUT2D eigenvalue weighted by atomic mass is 9.91. The number of aryl methyl sites for hydroxylation is 1. The van der Waals surface area contributed by atoms with Crippen LogP contribution in [0.15, 0.2) is 67.1 Å². The van der Waals surface area contributed by atoms with Gasteiger partial charge in [0.15, 0.2) is 0 Å². The largest absolute Gasteiger partial charge is 0.347 e. The van der Waals surface area contributed by atoms with Crippen LogP contribution < -0.4 is 5.32 Å². The second-order valence-electron chi connectivity index (χ2n) is 8.35. The second kappa shape index (κ2) is 7.91. The van der Waals surface area contributed by atoms with Crippen LogP contribution in [0, 0.1) is 0 Å². The van der Waals surface area contributed by atoms with Gasteiger partial charge < -0.3 is 19.7 Å². The van der Waals surface area contributed by atoms with Crippen molar-refractivity contribution in [3.05, 3.63) is 83.9 Å². The number of nitrogens with one attached hydrogen (secondary N) is 1. The van der Waals surface area contributed by atoms with Crippen molar-refractivity contribution in [2.45, 2.75) is 11.8 Å². The monoisotopic (exact) mass is 415 g/mol. The number of carbonyl (C=O) groups is 2. The quantitative estimate of drug-likeness (QED) is 0.711. The molecular formula is C24H25N5O2. The van der Waals surface area contributed by atoms with Crippen LogP contribution in [0.3, 0.4) is 0 Å². The highest BCUT2D eigenvalue weighted by molar-refractivity contribution is 5.93. The molecule has 2 saturated heterocycles. The number of hydrogen-bond donors (Lipinski definition) is 1. The maximum absolute atomic E-state index is 12.5. The SMILES string of the molecule is Cn1cccc1C(=O)N1CC(c2ccc(NC(=O)N3CC(c4cccnc4)C3)cc2)C1. The van der Waals surface area contributed by atoms with Gasteiger partial charge in [-0.15, -0.1) is 0 Å². The van der Waals surface area contributed by atoms with Crippen molar-refractivity contribution in [2.75, 3.05) is 31.5 Å². The fourth-order valence-corrected chi connectivity index (χ4v) is 4.21. The van der Waals surface area contributed by atoms with E-state index in [-0.39, 0.29) is 11.9 Å². The molecule has 31 heavy (non-hydrogen) atoms. The van der Waals surface area contributed by atoms with Crippen molar-refractivity contribution in [3.8, 4) is 0 Å². The van der Waals surface area contributed by atoms with Gasteiger partial charge in [-0.3, -0.25) is 9.78 Å². The molecule has 1 aromatic carbocycles. The first kappa shape index (κ1) is 19.4. The van der Waals surface area contributed by atoms with Gasteiger partial charge in [0.25, 0.3) is 5.91 Å². The number of anilines is 1. The summed E-state index contributed by atoms with van der Waals surface area (Å²) < 4.78 is 1.85. The van der Waals surface area contributed by atoms with Gasteiger partial charge >= 0.3 is 6.03 Å². The Bertz CT molecular complexity index is 1080. The van der Waals surface area contributed by atoms with Gasteiger partial charge in [0.05, 0.1) is 0 Å². The Hall–Kier alpha value is -3.61. The maximum Gasteiger partial charge on any atom is 0.321 e. The number of nitrogens with zero attached hydrogens (tertiary/aromatic N) is 4. The minimum atomic E-state index is -0.0733. The van der Waals surface area contributed by atoms with Crippen LogP contribution >= 0.6 is 0 Å². The van der Waals surface area contributed by atoms with E-state index in [1.54, 1.807) is 6.20 Å². The van der Waals surface area contributed by atoms with E-state index >= 15 is 0 Å². The molecule has 5 rings (SSSR count). The predicted molar refractivity (Wildman–Crippen MR) is 118 cm³/mol. The minimum Gasteiger partial charge on any atom is -0.347 e. The zero-order chi connectivity index (χ0) is 21.4. The van der Waals surface area contributed by atoms with E-state index in [1.807, 2.05) is 76.3 Å². The molecule has 4 heterocycles. The topological polar surface area (TPSA) is 70.5 Å². The molecule has 2 aromatic heterocycles. The molecule has 3 amide bonds. The number of urea groups is 1. The van der Waals surface area contributed by atoms with E-state index in [1.165, 1.54) is 11.1 Å². The molecule has 2 aliphatic rings. The molecule has 0 aliphatic carbocycles. The first-order valence-corrected chi connectivity index (χ1v) is 10.5. The van der Waals surface area contributed by atoms with Gasteiger partial charge in [-0.25, -0.2) is 4.79 Å². The summed E-state index contributed by atoms with van der Waals surface area (Å²) in [5, 5.41) is 2.97. The average Bonchev–Trinajstić information content (AvgIpc) is 3.14. The Morgan fingerprint density at radius 1 is 0.903 bits per heavy atom. The van der Waals surface area contributed by atoms with E-state index in [9.17, 15) is 9.59 Å². The Morgan fingerprint density at radius 3 is 2.26 bits per heavy atom. The van der Waals surface area contributed by atoms with Crippen molar-refractivity contribution >= 4 is 17.6 Å². The molecule has 0 unspecified atom stereocenters.